The molecule has 0 fully saturated rings. The zero-order chi connectivity index (χ0) is 22.1. The average molecular weight is 448 g/mol. The Morgan fingerprint density at radius 3 is 1.97 bits per heavy atom. The lowest BCUT2D eigenvalue weighted by Crippen LogP contribution is -2.25. The van der Waals surface area contributed by atoms with Gasteiger partial charge >= 0.3 is 11.9 Å². The van der Waals surface area contributed by atoms with E-state index >= 15 is 0 Å². The second-order valence-corrected chi connectivity index (χ2v) is 8.05. The van der Waals surface area contributed by atoms with Gasteiger partial charge in [-0.15, -0.1) is 0 Å². The SMILES string of the molecule is C=C(C)C(=O)OCCCC(=O)SCCOCCSC(=O)NCCOC(=O)C(=C)C. The molecule has 0 saturated heterocycles. The summed E-state index contributed by atoms with van der Waals surface area (Å²) in [4.78, 5) is 45.5. The molecule has 0 rings (SSSR count). The van der Waals surface area contributed by atoms with Gasteiger partial charge in [0, 0.05) is 29.1 Å². The normalized spacial score (nSPS) is 10.1. The molecule has 0 spiro atoms. The minimum Gasteiger partial charge on any atom is -0.462 e. The van der Waals surface area contributed by atoms with E-state index in [-0.39, 0.29) is 30.1 Å². The Morgan fingerprint density at radius 1 is 0.828 bits per heavy atom. The summed E-state index contributed by atoms with van der Waals surface area (Å²) >= 11 is 2.24. The molecule has 1 N–H and O–H groups in total. The first kappa shape index (κ1) is 27.2. The highest BCUT2D eigenvalue weighted by molar-refractivity contribution is 8.13. The molecular formula is C19H29NO7S2. The fraction of sp³-hybridized carbons (Fsp3) is 0.579. The Morgan fingerprint density at radius 2 is 1.38 bits per heavy atom. The van der Waals surface area contributed by atoms with Gasteiger partial charge in [0.1, 0.15) is 6.61 Å². The van der Waals surface area contributed by atoms with Crippen LogP contribution in [0.3, 0.4) is 0 Å². The Kier molecular flexibility index (Phi) is 16.1. The Balaban J connectivity index is 3.47. The molecule has 10 heteroatoms. The molecule has 0 aliphatic rings. The molecular weight excluding hydrogens is 418 g/mol. The predicted octanol–water partition coefficient (Wildman–Crippen LogP) is 2.72. The third kappa shape index (κ3) is 16.8. The van der Waals surface area contributed by atoms with Crippen LogP contribution in [0.15, 0.2) is 24.3 Å². The number of hydrogen-bond donors (Lipinski definition) is 1. The number of esters is 2. The van der Waals surface area contributed by atoms with Crippen molar-refractivity contribution in [3.05, 3.63) is 24.3 Å². The number of nitrogens with one attached hydrogen (secondary N) is 1. The van der Waals surface area contributed by atoms with Crippen LogP contribution >= 0.6 is 23.5 Å². The topological polar surface area (TPSA) is 108 Å². The Labute approximate surface area is 180 Å². The standard InChI is InChI=1S/C19H29NO7S2/c1-14(2)17(22)26-8-5-6-16(21)28-12-10-25-11-13-29-19(24)20-7-9-27-18(23)15(3)4/h1,3,5-13H2,2,4H3,(H,20,24). The first-order chi connectivity index (χ1) is 13.7. The molecule has 0 aliphatic carbocycles. The van der Waals surface area contributed by atoms with Crippen molar-refractivity contribution in [2.75, 3.05) is 44.5 Å². The van der Waals surface area contributed by atoms with Crippen LogP contribution in [0.2, 0.25) is 0 Å². The Hall–Kier alpha value is -1.78. The van der Waals surface area contributed by atoms with Gasteiger partial charge in [-0.05, 0) is 20.3 Å². The predicted molar refractivity (Wildman–Crippen MR) is 115 cm³/mol. The first-order valence-corrected chi connectivity index (χ1v) is 11.0. The van der Waals surface area contributed by atoms with Gasteiger partial charge < -0.3 is 19.5 Å². The maximum atomic E-state index is 11.7. The van der Waals surface area contributed by atoms with Crippen molar-refractivity contribution in [3.63, 3.8) is 0 Å². The molecule has 0 heterocycles. The number of carbonyl (C=O) groups is 4. The number of thioether (sulfide) groups is 2. The van der Waals surface area contributed by atoms with Gasteiger partial charge in [-0.3, -0.25) is 9.59 Å². The maximum Gasteiger partial charge on any atom is 0.333 e. The minimum atomic E-state index is -0.483. The summed E-state index contributed by atoms with van der Waals surface area (Å²) in [5.74, 6) is 0.0681. The zero-order valence-corrected chi connectivity index (χ0v) is 18.6. The first-order valence-electron chi connectivity index (χ1n) is 9.03. The van der Waals surface area contributed by atoms with Gasteiger partial charge in [-0.25, -0.2) is 9.59 Å². The van der Waals surface area contributed by atoms with Crippen LogP contribution in [-0.2, 0) is 28.6 Å². The van der Waals surface area contributed by atoms with E-state index in [0.29, 0.717) is 48.7 Å². The summed E-state index contributed by atoms with van der Waals surface area (Å²) in [6, 6.07) is 0. The summed E-state index contributed by atoms with van der Waals surface area (Å²) in [6.45, 7) is 11.4. The fourth-order valence-corrected chi connectivity index (χ4v) is 2.87. The van der Waals surface area contributed by atoms with E-state index in [1.165, 1.54) is 11.8 Å². The van der Waals surface area contributed by atoms with E-state index in [9.17, 15) is 19.2 Å². The second kappa shape index (κ2) is 17.1. The van der Waals surface area contributed by atoms with Crippen molar-refractivity contribution < 1.29 is 33.4 Å². The van der Waals surface area contributed by atoms with Gasteiger partial charge in [0.05, 0.1) is 26.4 Å². The smallest absolute Gasteiger partial charge is 0.333 e. The largest absolute Gasteiger partial charge is 0.462 e. The second-order valence-electron chi connectivity index (χ2n) is 5.83. The van der Waals surface area contributed by atoms with Crippen LogP contribution in [-0.4, -0.2) is 66.8 Å². The quantitative estimate of drug-likeness (QED) is 0.230. The van der Waals surface area contributed by atoms with E-state index in [2.05, 4.69) is 18.5 Å². The van der Waals surface area contributed by atoms with Crippen LogP contribution in [0.1, 0.15) is 26.7 Å². The fourth-order valence-electron chi connectivity index (χ4n) is 1.56. The average Bonchev–Trinajstić information content (AvgIpc) is 2.67. The summed E-state index contributed by atoms with van der Waals surface area (Å²) in [6.07, 6.45) is 0.801. The number of ether oxygens (including phenoxy) is 3. The molecule has 0 radical (unpaired) electrons. The summed E-state index contributed by atoms with van der Waals surface area (Å²) in [5, 5.41) is 2.40. The van der Waals surface area contributed by atoms with Crippen molar-refractivity contribution in [1.82, 2.24) is 5.32 Å². The highest BCUT2D eigenvalue weighted by Crippen LogP contribution is 2.08. The lowest BCUT2D eigenvalue weighted by atomic mass is 10.3. The molecule has 29 heavy (non-hydrogen) atoms. The molecule has 0 aliphatic heterocycles. The molecule has 0 aromatic heterocycles. The summed E-state index contributed by atoms with van der Waals surface area (Å²) in [5.41, 5.74) is 0.648. The lowest BCUT2D eigenvalue weighted by Gasteiger charge is -2.07. The van der Waals surface area contributed by atoms with Gasteiger partial charge in [0.2, 0.25) is 0 Å². The minimum absolute atomic E-state index is 0.0149. The zero-order valence-electron chi connectivity index (χ0n) is 17.0. The van der Waals surface area contributed by atoms with E-state index in [1.807, 2.05) is 0 Å². The van der Waals surface area contributed by atoms with Crippen LogP contribution in [0.5, 0.6) is 0 Å². The van der Waals surface area contributed by atoms with Crippen LogP contribution in [0, 0.1) is 0 Å². The molecule has 0 saturated carbocycles. The van der Waals surface area contributed by atoms with Crippen LogP contribution in [0.25, 0.3) is 0 Å². The lowest BCUT2D eigenvalue weighted by molar-refractivity contribution is -0.139. The van der Waals surface area contributed by atoms with Crippen LogP contribution in [0.4, 0.5) is 4.79 Å². The summed E-state index contributed by atoms with van der Waals surface area (Å²) < 4.78 is 15.1. The maximum absolute atomic E-state index is 11.7. The number of amides is 1. The number of hydrogen-bond acceptors (Lipinski definition) is 9. The van der Waals surface area contributed by atoms with Crippen molar-refractivity contribution in [3.8, 4) is 0 Å². The molecule has 0 unspecified atom stereocenters. The van der Waals surface area contributed by atoms with E-state index in [0.717, 1.165) is 11.8 Å². The highest BCUT2D eigenvalue weighted by atomic mass is 32.2. The number of rotatable bonds is 15. The summed E-state index contributed by atoms with van der Waals surface area (Å²) in [7, 11) is 0. The third-order valence-corrected chi connectivity index (χ3v) is 4.69. The third-order valence-electron chi connectivity index (χ3n) is 3.01. The van der Waals surface area contributed by atoms with Gasteiger partial charge in [0.15, 0.2) is 5.12 Å². The van der Waals surface area contributed by atoms with Crippen molar-refractivity contribution in [2.24, 2.45) is 0 Å². The molecule has 0 atom stereocenters. The van der Waals surface area contributed by atoms with E-state index in [1.54, 1.807) is 13.8 Å². The molecule has 0 aromatic carbocycles. The highest BCUT2D eigenvalue weighted by Gasteiger charge is 2.07. The molecule has 8 nitrogen and oxygen atoms in total. The number of carbonyl (C=O) groups excluding carboxylic acids is 4. The van der Waals surface area contributed by atoms with Gasteiger partial charge in [0.25, 0.3) is 5.24 Å². The van der Waals surface area contributed by atoms with Gasteiger partial charge in [-0.1, -0.05) is 36.7 Å². The Bertz CT molecular complexity index is 543. The van der Waals surface area contributed by atoms with Crippen molar-refractivity contribution in [2.45, 2.75) is 26.7 Å². The van der Waals surface area contributed by atoms with Crippen molar-refractivity contribution >= 4 is 45.8 Å². The van der Waals surface area contributed by atoms with Crippen LogP contribution < -0.4 is 5.32 Å². The molecule has 1 amide bonds. The van der Waals surface area contributed by atoms with Crippen molar-refractivity contribution in [1.29, 1.82) is 0 Å². The monoisotopic (exact) mass is 447 g/mol. The molecule has 164 valence electrons. The van der Waals surface area contributed by atoms with Gasteiger partial charge in [-0.2, -0.15) is 0 Å². The molecule has 0 aromatic rings. The van der Waals surface area contributed by atoms with E-state index in [4.69, 9.17) is 14.2 Å². The molecule has 0 bridgehead atoms. The van der Waals surface area contributed by atoms with E-state index < -0.39 is 11.9 Å².